The molecule has 0 saturated heterocycles. The molecule has 106 valence electrons. The quantitative estimate of drug-likeness (QED) is 0.705. The van der Waals surface area contributed by atoms with Crippen LogP contribution in [0.25, 0.3) is 11.0 Å². The fourth-order valence-corrected chi connectivity index (χ4v) is 1.97. The molecule has 9 heteroatoms. The van der Waals surface area contributed by atoms with Crippen molar-refractivity contribution in [3.8, 4) is 0 Å². The molecule has 20 heavy (non-hydrogen) atoms. The number of sulfonamides is 1. The SMILES string of the molecule is CS(=O)(=O)NCCNC(=O)c1ccc2cncnc2n1. The van der Waals surface area contributed by atoms with Crippen molar-refractivity contribution in [3.63, 3.8) is 0 Å². The van der Waals surface area contributed by atoms with E-state index in [0.717, 1.165) is 11.6 Å². The van der Waals surface area contributed by atoms with Gasteiger partial charge < -0.3 is 5.32 Å². The maximum atomic E-state index is 11.8. The summed E-state index contributed by atoms with van der Waals surface area (Å²) in [7, 11) is -3.25. The lowest BCUT2D eigenvalue weighted by atomic mass is 10.3. The molecule has 2 aromatic rings. The van der Waals surface area contributed by atoms with Crippen LogP contribution in [0.4, 0.5) is 0 Å². The van der Waals surface area contributed by atoms with Crippen molar-refractivity contribution in [2.75, 3.05) is 19.3 Å². The van der Waals surface area contributed by atoms with Gasteiger partial charge in [-0.2, -0.15) is 0 Å². The lowest BCUT2D eigenvalue weighted by Crippen LogP contribution is -2.34. The Balaban J connectivity index is 1.97. The van der Waals surface area contributed by atoms with E-state index in [4.69, 9.17) is 0 Å². The van der Waals surface area contributed by atoms with Crippen LogP contribution < -0.4 is 10.0 Å². The first kappa shape index (κ1) is 14.3. The second-order valence-corrected chi connectivity index (χ2v) is 5.89. The molecule has 2 N–H and O–H groups in total. The molecule has 0 atom stereocenters. The lowest BCUT2D eigenvalue weighted by molar-refractivity contribution is 0.0949. The Morgan fingerprint density at radius 3 is 2.85 bits per heavy atom. The molecule has 0 aliphatic carbocycles. The number of pyridine rings is 1. The number of nitrogens with zero attached hydrogens (tertiary/aromatic N) is 3. The molecule has 0 saturated carbocycles. The summed E-state index contributed by atoms with van der Waals surface area (Å²) in [4.78, 5) is 23.7. The van der Waals surface area contributed by atoms with E-state index in [-0.39, 0.29) is 24.7 Å². The summed E-state index contributed by atoms with van der Waals surface area (Å²) in [6.45, 7) is 0.301. The molecule has 0 radical (unpaired) electrons. The monoisotopic (exact) mass is 295 g/mol. The van der Waals surface area contributed by atoms with Crippen LogP contribution in [-0.4, -0.2) is 48.6 Å². The first-order valence-corrected chi connectivity index (χ1v) is 7.64. The zero-order valence-corrected chi connectivity index (χ0v) is 11.5. The van der Waals surface area contributed by atoms with E-state index in [1.165, 1.54) is 6.33 Å². The highest BCUT2D eigenvalue weighted by atomic mass is 32.2. The van der Waals surface area contributed by atoms with E-state index >= 15 is 0 Å². The number of aromatic nitrogens is 3. The van der Waals surface area contributed by atoms with Crippen molar-refractivity contribution in [1.29, 1.82) is 0 Å². The Labute approximate surface area is 115 Å². The molecule has 0 aromatic carbocycles. The number of fused-ring (bicyclic) bond motifs is 1. The van der Waals surface area contributed by atoms with Crippen molar-refractivity contribution in [2.24, 2.45) is 0 Å². The molecule has 2 heterocycles. The third-order valence-corrected chi connectivity index (χ3v) is 3.10. The molecular formula is C11H13N5O3S. The third kappa shape index (κ3) is 3.93. The summed E-state index contributed by atoms with van der Waals surface area (Å²) in [6.07, 6.45) is 4.01. The fourth-order valence-electron chi connectivity index (χ4n) is 1.49. The predicted octanol–water partition coefficient (Wildman–Crippen LogP) is -0.696. The van der Waals surface area contributed by atoms with E-state index in [1.54, 1.807) is 18.3 Å². The Bertz CT molecular complexity index is 732. The number of rotatable bonds is 5. The molecule has 0 bridgehead atoms. The van der Waals surface area contributed by atoms with E-state index in [2.05, 4.69) is 25.0 Å². The zero-order chi connectivity index (χ0) is 14.6. The summed E-state index contributed by atoms with van der Waals surface area (Å²) in [6, 6.07) is 3.26. The smallest absolute Gasteiger partial charge is 0.270 e. The first-order chi connectivity index (χ1) is 9.46. The number of nitrogens with one attached hydrogen (secondary N) is 2. The van der Waals surface area contributed by atoms with Crippen molar-refractivity contribution < 1.29 is 13.2 Å². The molecule has 0 fully saturated rings. The average Bonchev–Trinajstić information content (AvgIpc) is 2.42. The van der Waals surface area contributed by atoms with Crippen LogP contribution >= 0.6 is 0 Å². The number of carbonyl (C=O) groups is 1. The highest BCUT2D eigenvalue weighted by molar-refractivity contribution is 7.88. The van der Waals surface area contributed by atoms with Crippen LogP contribution in [0.15, 0.2) is 24.7 Å². The van der Waals surface area contributed by atoms with Gasteiger partial charge >= 0.3 is 0 Å². The Hall–Kier alpha value is -2.13. The largest absolute Gasteiger partial charge is 0.349 e. The van der Waals surface area contributed by atoms with Crippen LogP contribution in [0.2, 0.25) is 0 Å². The van der Waals surface area contributed by atoms with Crippen molar-refractivity contribution in [3.05, 3.63) is 30.4 Å². The van der Waals surface area contributed by atoms with Gasteiger partial charge in [-0.05, 0) is 12.1 Å². The minimum atomic E-state index is -3.25. The molecule has 8 nitrogen and oxygen atoms in total. The molecule has 0 aliphatic heterocycles. The van der Waals surface area contributed by atoms with Crippen LogP contribution in [-0.2, 0) is 10.0 Å². The van der Waals surface area contributed by atoms with Gasteiger partial charge in [0.15, 0.2) is 5.65 Å². The second-order valence-electron chi connectivity index (χ2n) is 4.05. The minimum Gasteiger partial charge on any atom is -0.349 e. The standard InChI is InChI=1S/C11H13N5O3S/c1-20(18,19)15-5-4-13-11(17)9-3-2-8-6-12-7-14-10(8)16-9/h2-3,6-7,15H,4-5H2,1H3,(H,13,17). The molecular weight excluding hydrogens is 282 g/mol. The van der Waals surface area contributed by atoms with Gasteiger partial charge in [0.1, 0.15) is 12.0 Å². The van der Waals surface area contributed by atoms with E-state index in [1.807, 2.05) is 0 Å². The Morgan fingerprint density at radius 2 is 2.10 bits per heavy atom. The number of carbonyl (C=O) groups excluding carboxylic acids is 1. The summed E-state index contributed by atoms with van der Waals surface area (Å²) < 4.78 is 24.0. The lowest BCUT2D eigenvalue weighted by Gasteiger charge is -2.05. The molecule has 2 rings (SSSR count). The van der Waals surface area contributed by atoms with Crippen molar-refractivity contribution in [2.45, 2.75) is 0 Å². The van der Waals surface area contributed by atoms with Crippen molar-refractivity contribution >= 4 is 27.0 Å². The van der Waals surface area contributed by atoms with Gasteiger partial charge in [0.05, 0.1) is 6.26 Å². The van der Waals surface area contributed by atoms with Crippen molar-refractivity contribution in [1.82, 2.24) is 25.0 Å². The molecule has 0 unspecified atom stereocenters. The van der Waals surface area contributed by atoms with Gasteiger partial charge in [0, 0.05) is 24.7 Å². The van der Waals surface area contributed by atoms with Crippen LogP contribution in [0.5, 0.6) is 0 Å². The highest BCUT2D eigenvalue weighted by Gasteiger charge is 2.08. The van der Waals surface area contributed by atoms with Gasteiger partial charge in [-0.3, -0.25) is 4.79 Å². The van der Waals surface area contributed by atoms with Gasteiger partial charge in [0.2, 0.25) is 10.0 Å². The van der Waals surface area contributed by atoms with Gasteiger partial charge in [-0.15, -0.1) is 0 Å². The highest BCUT2D eigenvalue weighted by Crippen LogP contribution is 2.07. The van der Waals surface area contributed by atoms with Gasteiger partial charge in [-0.25, -0.2) is 28.1 Å². The predicted molar refractivity (Wildman–Crippen MR) is 72.5 cm³/mol. The van der Waals surface area contributed by atoms with E-state index < -0.39 is 10.0 Å². The maximum Gasteiger partial charge on any atom is 0.270 e. The molecule has 0 spiro atoms. The maximum absolute atomic E-state index is 11.8. The van der Waals surface area contributed by atoms with Crippen LogP contribution in [0.3, 0.4) is 0 Å². The second kappa shape index (κ2) is 5.88. The topological polar surface area (TPSA) is 114 Å². The number of hydrogen-bond donors (Lipinski definition) is 2. The molecule has 1 amide bonds. The zero-order valence-electron chi connectivity index (χ0n) is 10.7. The Morgan fingerprint density at radius 1 is 1.30 bits per heavy atom. The Kier molecular flexibility index (Phi) is 4.20. The van der Waals surface area contributed by atoms with E-state index in [0.29, 0.717) is 5.65 Å². The fraction of sp³-hybridized carbons (Fsp3) is 0.273. The van der Waals surface area contributed by atoms with Crippen LogP contribution in [0, 0.1) is 0 Å². The summed E-state index contributed by atoms with van der Waals surface area (Å²) in [5.41, 5.74) is 0.650. The normalized spacial score (nSPS) is 11.4. The summed E-state index contributed by atoms with van der Waals surface area (Å²) >= 11 is 0. The third-order valence-electron chi connectivity index (χ3n) is 2.37. The number of hydrogen-bond acceptors (Lipinski definition) is 6. The molecule has 2 aromatic heterocycles. The van der Waals surface area contributed by atoms with Crippen LogP contribution in [0.1, 0.15) is 10.5 Å². The number of amides is 1. The average molecular weight is 295 g/mol. The molecule has 0 aliphatic rings. The van der Waals surface area contributed by atoms with Gasteiger partial charge in [0.25, 0.3) is 5.91 Å². The summed E-state index contributed by atoms with van der Waals surface area (Å²) in [5, 5.41) is 3.30. The van der Waals surface area contributed by atoms with Gasteiger partial charge in [-0.1, -0.05) is 0 Å². The minimum absolute atomic E-state index is 0.125. The summed E-state index contributed by atoms with van der Waals surface area (Å²) in [5.74, 6) is -0.388. The van der Waals surface area contributed by atoms with E-state index in [9.17, 15) is 13.2 Å². The first-order valence-electron chi connectivity index (χ1n) is 5.75.